The molecule has 6 nitrogen and oxygen atoms in total. The van der Waals surface area contributed by atoms with Gasteiger partial charge in [0.05, 0.1) is 20.3 Å². The van der Waals surface area contributed by atoms with Crippen molar-refractivity contribution in [1.29, 1.82) is 0 Å². The number of benzene rings is 2. The maximum Gasteiger partial charge on any atom is 0.319 e. The Kier molecular flexibility index (Phi) is 6.28. The fourth-order valence-electron chi connectivity index (χ4n) is 2.08. The van der Waals surface area contributed by atoms with E-state index in [9.17, 15) is 9.90 Å². The van der Waals surface area contributed by atoms with Crippen molar-refractivity contribution in [3.05, 3.63) is 53.1 Å². The second-order valence-corrected chi connectivity index (χ2v) is 5.41. The van der Waals surface area contributed by atoms with Crippen LogP contribution < -0.4 is 20.1 Å². The number of hydrogen-bond donors (Lipinski definition) is 3. The molecule has 0 aliphatic carbocycles. The molecule has 2 rings (SSSR count). The van der Waals surface area contributed by atoms with Gasteiger partial charge in [0.2, 0.25) is 0 Å². The van der Waals surface area contributed by atoms with E-state index in [0.717, 1.165) is 0 Å². The Hall–Kier alpha value is -2.44. The summed E-state index contributed by atoms with van der Waals surface area (Å²) >= 11 is 5.78. The molecule has 1 unspecified atom stereocenters. The molecule has 24 heavy (non-hydrogen) atoms. The quantitative estimate of drug-likeness (QED) is 0.747. The van der Waals surface area contributed by atoms with Crippen LogP contribution >= 0.6 is 11.6 Å². The lowest BCUT2D eigenvalue weighted by atomic mass is 10.1. The Morgan fingerprint density at radius 1 is 1.12 bits per heavy atom. The zero-order valence-corrected chi connectivity index (χ0v) is 14.1. The van der Waals surface area contributed by atoms with E-state index in [2.05, 4.69) is 10.6 Å². The summed E-state index contributed by atoms with van der Waals surface area (Å²) in [5.41, 5.74) is 1.22. The van der Waals surface area contributed by atoms with Crippen LogP contribution in [0.15, 0.2) is 42.5 Å². The average molecular weight is 351 g/mol. The van der Waals surface area contributed by atoms with Crippen LogP contribution in [0.3, 0.4) is 0 Å². The minimum Gasteiger partial charge on any atom is -0.493 e. The highest BCUT2D eigenvalue weighted by molar-refractivity contribution is 6.30. The van der Waals surface area contributed by atoms with E-state index in [1.165, 1.54) is 14.2 Å². The van der Waals surface area contributed by atoms with Gasteiger partial charge in [0.25, 0.3) is 0 Å². The maximum absolute atomic E-state index is 11.8. The van der Waals surface area contributed by atoms with Crippen LogP contribution in [0.1, 0.15) is 11.7 Å². The van der Waals surface area contributed by atoms with Gasteiger partial charge >= 0.3 is 6.03 Å². The lowest BCUT2D eigenvalue weighted by Crippen LogP contribution is -2.32. The highest BCUT2D eigenvalue weighted by Gasteiger charge is 2.13. The Labute approximate surface area is 145 Å². The summed E-state index contributed by atoms with van der Waals surface area (Å²) in [6, 6.07) is 11.4. The minimum absolute atomic E-state index is 0.0505. The smallest absolute Gasteiger partial charge is 0.319 e. The second kappa shape index (κ2) is 8.42. The zero-order chi connectivity index (χ0) is 17.5. The molecule has 0 saturated carbocycles. The molecule has 0 bridgehead atoms. The van der Waals surface area contributed by atoms with E-state index in [1.54, 1.807) is 42.5 Å². The molecular weight excluding hydrogens is 332 g/mol. The highest BCUT2D eigenvalue weighted by Crippen LogP contribution is 2.29. The monoisotopic (exact) mass is 350 g/mol. The lowest BCUT2D eigenvalue weighted by molar-refractivity contribution is 0.174. The number of ether oxygens (including phenoxy) is 2. The molecule has 3 N–H and O–H groups in total. The SMILES string of the molecule is COc1ccc(C(O)CNC(=O)Nc2ccc(Cl)cc2)cc1OC. The van der Waals surface area contributed by atoms with E-state index in [4.69, 9.17) is 21.1 Å². The fourth-order valence-corrected chi connectivity index (χ4v) is 2.20. The molecule has 0 aromatic heterocycles. The molecule has 0 saturated heterocycles. The van der Waals surface area contributed by atoms with Crippen molar-refractivity contribution in [2.24, 2.45) is 0 Å². The van der Waals surface area contributed by atoms with E-state index >= 15 is 0 Å². The first-order valence-corrected chi connectivity index (χ1v) is 7.61. The van der Waals surface area contributed by atoms with Gasteiger partial charge in [-0.1, -0.05) is 17.7 Å². The summed E-state index contributed by atoms with van der Waals surface area (Å²) in [5, 5.41) is 16.0. The van der Waals surface area contributed by atoms with Crippen molar-refractivity contribution in [2.45, 2.75) is 6.10 Å². The number of aliphatic hydroxyl groups is 1. The van der Waals surface area contributed by atoms with E-state index in [0.29, 0.717) is 27.8 Å². The van der Waals surface area contributed by atoms with Gasteiger partial charge in [0, 0.05) is 17.3 Å². The number of nitrogens with one attached hydrogen (secondary N) is 2. The summed E-state index contributed by atoms with van der Waals surface area (Å²) in [6.45, 7) is 0.0505. The van der Waals surface area contributed by atoms with Crippen molar-refractivity contribution in [1.82, 2.24) is 5.32 Å². The molecule has 2 amide bonds. The van der Waals surface area contributed by atoms with Gasteiger partial charge in [0.1, 0.15) is 0 Å². The Bertz CT molecular complexity index is 691. The van der Waals surface area contributed by atoms with E-state index in [1.807, 2.05) is 0 Å². The van der Waals surface area contributed by atoms with Crippen molar-refractivity contribution >= 4 is 23.3 Å². The van der Waals surface area contributed by atoms with Gasteiger partial charge in [-0.3, -0.25) is 0 Å². The summed E-state index contributed by atoms with van der Waals surface area (Å²) in [5.74, 6) is 1.08. The molecule has 7 heteroatoms. The topological polar surface area (TPSA) is 79.8 Å². The third kappa shape index (κ3) is 4.78. The van der Waals surface area contributed by atoms with E-state index in [-0.39, 0.29) is 6.54 Å². The first-order valence-electron chi connectivity index (χ1n) is 7.24. The molecule has 128 valence electrons. The van der Waals surface area contributed by atoms with Crippen molar-refractivity contribution in [3.8, 4) is 11.5 Å². The summed E-state index contributed by atoms with van der Waals surface area (Å²) in [4.78, 5) is 11.8. The summed E-state index contributed by atoms with van der Waals surface area (Å²) < 4.78 is 10.3. The normalized spacial score (nSPS) is 11.5. The molecule has 0 heterocycles. The van der Waals surface area contributed by atoms with E-state index < -0.39 is 12.1 Å². The largest absolute Gasteiger partial charge is 0.493 e. The minimum atomic E-state index is -0.874. The zero-order valence-electron chi connectivity index (χ0n) is 13.4. The Morgan fingerprint density at radius 3 is 2.42 bits per heavy atom. The molecule has 0 fully saturated rings. The average Bonchev–Trinajstić information content (AvgIpc) is 2.61. The number of carbonyl (C=O) groups is 1. The molecule has 2 aromatic carbocycles. The Balaban J connectivity index is 1.91. The number of carbonyl (C=O) groups excluding carboxylic acids is 1. The molecule has 0 radical (unpaired) electrons. The van der Waals surface area contributed by atoms with Gasteiger partial charge in [-0.05, 0) is 42.0 Å². The molecule has 0 aliphatic rings. The lowest BCUT2D eigenvalue weighted by Gasteiger charge is -2.15. The maximum atomic E-state index is 11.8. The Morgan fingerprint density at radius 2 is 1.79 bits per heavy atom. The highest BCUT2D eigenvalue weighted by atomic mass is 35.5. The summed E-state index contributed by atoms with van der Waals surface area (Å²) in [6.07, 6.45) is -0.874. The van der Waals surface area contributed by atoms with Gasteiger partial charge < -0.3 is 25.2 Å². The van der Waals surface area contributed by atoms with Crippen LogP contribution in [0.4, 0.5) is 10.5 Å². The standard InChI is InChI=1S/C17H19ClN2O4/c1-23-15-8-3-11(9-16(15)24-2)14(21)10-19-17(22)20-13-6-4-12(18)5-7-13/h3-9,14,21H,10H2,1-2H3,(H2,19,20,22). The predicted octanol–water partition coefficient (Wildman–Crippen LogP) is 3.21. The number of hydrogen-bond acceptors (Lipinski definition) is 4. The second-order valence-electron chi connectivity index (χ2n) is 4.97. The number of halogens is 1. The first-order chi connectivity index (χ1) is 11.5. The number of methoxy groups -OCH3 is 2. The molecular formula is C17H19ClN2O4. The van der Waals surface area contributed by atoms with Crippen LogP contribution in [0.2, 0.25) is 5.02 Å². The van der Waals surface area contributed by atoms with Gasteiger partial charge in [-0.15, -0.1) is 0 Å². The molecule has 2 aromatic rings. The molecule has 1 atom stereocenters. The first kappa shape index (κ1) is 17.9. The van der Waals surface area contributed by atoms with Crippen LogP contribution in [-0.4, -0.2) is 31.9 Å². The van der Waals surface area contributed by atoms with Crippen molar-refractivity contribution < 1.29 is 19.4 Å². The van der Waals surface area contributed by atoms with Crippen LogP contribution in [0.5, 0.6) is 11.5 Å². The van der Waals surface area contributed by atoms with Gasteiger partial charge in [0.15, 0.2) is 11.5 Å². The van der Waals surface area contributed by atoms with Crippen molar-refractivity contribution in [3.63, 3.8) is 0 Å². The van der Waals surface area contributed by atoms with Crippen molar-refractivity contribution in [2.75, 3.05) is 26.1 Å². The summed E-state index contributed by atoms with van der Waals surface area (Å²) in [7, 11) is 3.06. The van der Waals surface area contributed by atoms with Gasteiger partial charge in [-0.25, -0.2) is 4.79 Å². The van der Waals surface area contributed by atoms with Crippen LogP contribution in [-0.2, 0) is 0 Å². The number of urea groups is 1. The van der Waals surface area contributed by atoms with Gasteiger partial charge in [-0.2, -0.15) is 0 Å². The predicted molar refractivity (Wildman–Crippen MR) is 93.0 cm³/mol. The fraction of sp³-hybridized carbons (Fsp3) is 0.235. The molecule has 0 spiro atoms. The number of anilines is 1. The third-order valence-electron chi connectivity index (χ3n) is 3.35. The number of aliphatic hydroxyl groups excluding tert-OH is 1. The number of rotatable bonds is 6. The molecule has 0 aliphatic heterocycles. The van der Waals surface area contributed by atoms with Crippen LogP contribution in [0, 0.1) is 0 Å². The number of amides is 2. The van der Waals surface area contributed by atoms with Crippen LogP contribution in [0.25, 0.3) is 0 Å². The third-order valence-corrected chi connectivity index (χ3v) is 3.60.